The molecule has 0 aliphatic heterocycles. The molecule has 6 heteroatoms. The van der Waals surface area contributed by atoms with Crippen LogP contribution in [0.1, 0.15) is 0 Å². The zero-order valence-electron chi connectivity index (χ0n) is 6.03. The third-order valence-corrected chi connectivity index (χ3v) is 0.933. The van der Waals surface area contributed by atoms with Crippen molar-refractivity contribution in [2.45, 2.75) is 6.10 Å². The molecule has 0 radical (unpaired) electrons. The van der Waals surface area contributed by atoms with E-state index in [1.807, 2.05) is 0 Å². The van der Waals surface area contributed by atoms with E-state index in [0.717, 1.165) is 0 Å². The monoisotopic (exact) mass is 162 g/mol. The van der Waals surface area contributed by atoms with Crippen molar-refractivity contribution in [2.75, 3.05) is 13.7 Å². The number of aliphatic hydroxyl groups excluding tert-OH is 1. The molecule has 64 valence electrons. The Kier molecular flexibility index (Phi) is 3.97. The van der Waals surface area contributed by atoms with E-state index in [9.17, 15) is 9.59 Å². The Balaban J connectivity index is 3.60. The molecule has 0 aromatic carbocycles. The molecule has 0 saturated carbocycles. The molecule has 2 amide bonds. The van der Waals surface area contributed by atoms with Gasteiger partial charge in [0.25, 0.3) is 5.91 Å². The summed E-state index contributed by atoms with van der Waals surface area (Å²) in [5.41, 5.74) is 4.58. The van der Waals surface area contributed by atoms with E-state index < -0.39 is 24.7 Å². The highest BCUT2D eigenvalue weighted by molar-refractivity contribution is 5.80. The lowest BCUT2D eigenvalue weighted by Crippen LogP contribution is -2.36. The fraction of sp³-hybridized carbons (Fsp3) is 0.600. The van der Waals surface area contributed by atoms with Crippen molar-refractivity contribution in [3.63, 3.8) is 0 Å². The fourth-order valence-corrected chi connectivity index (χ4v) is 0.403. The van der Waals surface area contributed by atoms with Crippen LogP contribution in [0, 0.1) is 0 Å². The predicted molar refractivity (Wildman–Crippen MR) is 35.6 cm³/mol. The van der Waals surface area contributed by atoms with Crippen molar-refractivity contribution in [3.05, 3.63) is 0 Å². The Bertz CT molecular complexity index is 159. The van der Waals surface area contributed by atoms with Gasteiger partial charge in [-0.1, -0.05) is 0 Å². The molecule has 6 nitrogen and oxygen atoms in total. The second-order valence-electron chi connectivity index (χ2n) is 1.76. The maximum atomic E-state index is 10.5. The summed E-state index contributed by atoms with van der Waals surface area (Å²) in [6, 6.07) is 0. The first kappa shape index (κ1) is 9.70. The van der Waals surface area contributed by atoms with E-state index in [4.69, 9.17) is 5.11 Å². The van der Waals surface area contributed by atoms with E-state index in [0.29, 0.717) is 0 Å². The molecule has 0 aliphatic rings. The summed E-state index contributed by atoms with van der Waals surface area (Å²) in [5.74, 6) is -0.619. The SMILES string of the molecule is CNC(=O)C(O)COC(N)=O. The molecule has 0 rings (SSSR count). The number of hydrogen-bond acceptors (Lipinski definition) is 4. The van der Waals surface area contributed by atoms with Crippen LogP contribution in [0.25, 0.3) is 0 Å². The zero-order chi connectivity index (χ0) is 8.85. The Morgan fingerprint density at radius 1 is 1.73 bits per heavy atom. The highest BCUT2D eigenvalue weighted by Gasteiger charge is 2.13. The summed E-state index contributed by atoms with van der Waals surface area (Å²) in [6.45, 7) is -0.422. The van der Waals surface area contributed by atoms with Crippen molar-refractivity contribution < 1.29 is 19.4 Å². The molecule has 0 aromatic rings. The largest absolute Gasteiger partial charge is 0.446 e. The number of hydrogen-bond donors (Lipinski definition) is 3. The lowest BCUT2D eigenvalue weighted by Gasteiger charge is -2.07. The second kappa shape index (κ2) is 4.51. The summed E-state index contributed by atoms with van der Waals surface area (Å²) in [6.07, 6.45) is -2.37. The topological polar surface area (TPSA) is 102 Å². The van der Waals surface area contributed by atoms with Crippen molar-refractivity contribution >= 4 is 12.0 Å². The smallest absolute Gasteiger partial charge is 0.404 e. The van der Waals surface area contributed by atoms with Crippen molar-refractivity contribution in [1.29, 1.82) is 0 Å². The summed E-state index contributed by atoms with van der Waals surface area (Å²) >= 11 is 0. The minimum Gasteiger partial charge on any atom is -0.446 e. The average Bonchev–Trinajstić information content (AvgIpc) is 1.98. The Labute approximate surface area is 63.3 Å². The third-order valence-electron chi connectivity index (χ3n) is 0.933. The number of nitrogens with two attached hydrogens (primary N) is 1. The van der Waals surface area contributed by atoms with Gasteiger partial charge >= 0.3 is 6.09 Å². The van der Waals surface area contributed by atoms with Gasteiger partial charge in [0, 0.05) is 7.05 Å². The van der Waals surface area contributed by atoms with Gasteiger partial charge in [-0.15, -0.1) is 0 Å². The van der Waals surface area contributed by atoms with Crippen molar-refractivity contribution in [1.82, 2.24) is 5.32 Å². The van der Waals surface area contributed by atoms with Gasteiger partial charge in [0.15, 0.2) is 6.10 Å². The summed E-state index contributed by atoms with van der Waals surface area (Å²) < 4.78 is 4.15. The van der Waals surface area contributed by atoms with Crippen LogP contribution in [0.2, 0.25) is 0 Å². The highest BCUT2D eigenvalue weighted by atomic mass is 16.6. The van der Waals surface area contributed by atoms with Gasteiger partial charge < -0.3 is 20.9 Å². The lowest BCUT2D eigenvalue weighted by atomic mass is 10.3. The molecular weight excluding hydrogens is 152 g/mol. The minimum absolute atomic E-state index is 0.422. The average molecular weight is 162 g/mol. The number of ether oxygens (including phenoxy) is 1. The van der Waals surface area contributed by atoms with Crippen LogP contribution in [0.3, 0.4) is 0 Å². The standard InChI is InChI=1S/C5H10N2O4/c1-7-4(9)3(8)2-11-5(6)10/h3,8H,2H2,1H3,(H2,6,10)(H,7,9). The fourth-order valence-electron chi connectivity index (χ4n) is 0.403. The molecule has 0 bridgehead atoms. The number of amides is 2. The van der Waals surface area contributed by atoms with Crippen molar-refractivity contribution in [3.8, 4) is 0 Å². The minimum atomic E-state index is -1.35. The first-order chi connectivity index (χ1) is 5.07. The number of carbonyl (C=O) groups excluding carboxylic acids is 2. The van der Waals surface area contributed by atoms with Crippen LogP contribution in [0.15, 0.2) is 0 Å². The summed E-state index contributed by atoms with van der Waals surface area (Å²) in [7, 11) is 1.36. The number of aliphatic hydroxyl groups is 1. The Morgan fingerprint density at radius 3 is 2.64 bits per heavy atom. The summed E-state index contributed by atoms with van der Waals surface area (Å²) in [5, 5.41) is 11.0. The molecule has 4 N–H and O–H groups in total. The first-order valence-corrected chi connectivity index (χ1v) is 2.89. The predicted octanol–water partition coefficient (Wildman–Crippen LogP) is -1.81. The number of carbonyl (C=O) groups is 2. The molecular formula is C5H10N2O4. The van der Waals surface area contributed by atoms with Gasteiger partial charge in [-0.2, -0.15) is 0 Å². The molecule has 0 fully saturated rings. The summed E-state index contributed by atoms with van der Waals surface area (Å²) in [4.78, 5) is 20.5. The van der Waals surface area contributed by atoms with Gasteiger partial charge in [0.05, 0.1) is 0 Å². The van der Waals surface area contributed by atoms with E-state index in [1.165, 1.54) is 7.05 Å². The molecule has 0 aromatic heterocycles. The molecule has 0 saturated heterocycles. The van der Waals surface area contributed by atoms with Gasteiger partial charge in [-0.25, -0.2) is 4.79 Å². The van der Waals surface area contributed by atoms with Crippen LogP contribution in [-0.2, 0) is 9.53 Å². The number of primary amides is 1. The van der Waals surface area contributed by atoms with Gasteiger partial charge in [-0.05, 0) is 0 Å². The maximum Gasteiger partial charge on any atom is 0.404 e. The van der Waals surface area contributed by atoms with Crippen LogP contribution in [0.5, 0.6) is 0 Å². The number of likely N-dealkylation sites (N-methyl/N-ethyl adjacent to an activating group) is 1. The van der Waals surface area contributed by atoms with E-state index in [1.54, 1.807) is 0 Å². The van der Waals surface area contributed by atoms with Gasteiger partial charge in [0.1, 0.15) is 6.61 Å². The number of rotatable bonds is 3. The Hall–Kier alpha value is -1.30. The first-order valence-electron chi connectivity index (χ1n) is 2.89. The molecule has 0 aliphatic carbocycles. The highest BCUT2D eigenvalue weighted by Crippen LogP contribution is 1.84. The molecule has 11 heavy (non-hydrogen) atoms. The van der Waals surface area contributed by atoms with Gasteiger partial charge in [0.2, 0.25) is 0 Å². The zero-order valence-corrected chi connectivity index (χ0v) is 6.03. The quantitative estimate of drug-likeness (QED) is 0.455. The second-order valence-corrected chi connectivity index (χ2v) is 1.76. The van der Waals surface area contributed by atoms with Gasteiger partial charge in [-0.3, -0.25) is 4.79 Å². The van der Waals surface area contributed by atoms with Crippen LogP contribution < -0.4 is 11.1 Å². The maximum absolute atomic E-state index is 10.5. The molecule has 1 atom stereocenters. The van der Waals surface area contributed by atoms with Crippen LogP contribution in [-0.4, -0.2) is 36.9 Å². The third kappa shape index (κ3) is 4.15. The molecule has 0 heterocycles. The Morgan fingerprint density at radius 2 is 2.27 bits per heavy atom. The molecule has 1 unspecified atom stereocenters. The van der Waals surface area contributed by atoms with E-state index >= 15 is 0 Å². The van der Waals surface area contributed by atoms with E-state index in [-0.39, 0.29) is 0 Å². The van der Waals surface area contributed by atoms with Crippen molar-refractivity contribution in [2.24, 2.45) is 5.73 Å². The van der Waals surface area contributed by atoms with E-state index in [2.05, 4.69) is 15.8 Å². The molecule has 0 spiro atoms. The normalized spacial score (nSPS) is 11.8. The van der Waals surface area contributed by atoms with Crippen LogP contribution >= 0.6 is 0 Å². The number of nitrogens with one attached hydrogen (secondary N) is 1. The van der Waals surface area contributed by atoms with Crippen LogP contribution in [0.4, 0.5) is 4.79 Å². The lowest BCUT2D eigenvalue weighted by molar-refractivity contribution is -0.130.